The van der Waals surface area contributed by atoms with E-state index >= 15 is 0 Å². The summed E-state index contributed by atoms with van der Waals surface area (Å²) in [5.74, 6) is -0.519. The van der Waals surface area contributed by atoms with Crippen LogP contribution in [0.15, 0.2) is 52.4 Å². The molecule has 0 radical (unpaired) electrons. The van der Waals surface area contributed by atoms with Crippen molar-refractivity contribution in [3.8, 4) is 0 Å². The van der Waals surface area contributed by atoms with Crippen LogP contribution in [-0.2, 0) is 17.1 Å². The molecule has 168 valence electrons. The van der Waals surface area contributed by atoms with E-state index < -0.39 is 20.9 Å². The Kier molecular flexibility index (Phi) is 5.97. The largest absolute Gasteiger partial charge is 0.319 e. The third-order valence-electron chi connectivity index (χ3n) is 5.82. The fourth-order valence-corrected chi connectivity index (χ4v) is 6.36. The van der Waals surface area contributed by atoms with Crippen LogP contribution in [0, 0.1) is 10.1 Å². The maximum atomic E-state index is 12.9. The van der Waals surface area contributed by atoms with Gasteiger partial charge in [-0.25, -0.2) is 8.42 Å². The summed E-state index contributed by atoms with van der Waals surface area (Å²) in [7, 11) is -0.294. The molecular weight excluding hydrogens is 452 g/mol. The van der Waals surface area contributed by atoms with E-state index in [1.54, 1.807) is 24.7 Å². The number of rotatable bonds is 5. The third kappa shape index (κ3) is 4.10. The topological polar surface area (TPSA) is 115 Å². The maximum Gasteiger partial charge on any atom is 0.279 e. The first-order valence-corrected chi connectivity index (χ1v) is 12.4. The van der Waals surface area contributed by atoms with Crippen LogP contribution in [0.5, 0.6) is 0 Å². The maximum absolute atomic E-state index is 12.9. The van der Waals surface area contributed by atoms with E-state index in [-0.39, 0.29) is 22.2 Å². The molecule has 1 aromatic heterocycles. The van der Waals surface area contributed by atoms with Gasteiger partial charge in [0.05, 0.1) is 20.0 Å². The lowest BCUT2D eigenvalue weighted by Gasteiger charge is -2.23. The van der Waals surface area contributed by atoms with Crippen LogP contribution in [-0.4, -0.2) is 41.2 Å². The zero-order valence-corrected chi connectivity index (χ0v) is 19.2. The number of hydrogen-bond donors (Lipinski definition) is 0. The monoisotopic (exact) mass is 474 g/mol. The quantitative estimate of drug-likeness (QED) is 0.415. The van der Waals surface area contributed by atoms with Gasteiger partial charge in [0, 0.05) is 37.8 Å². The minimum Gasteiger partial charge on any atom is -0.319 e. The van der Waals surface area contributed by atoms with Crippen molar-refractivity contribution in [3.63, 3.8) is 0 Å². The van der Waals surface area contributed by atoms with Gasteiger partial charge in [0.1, 0.15) is 0 Å². The Hall–Kier alpha value is -2.89. The van der Waals surface area contributed by atoms with Gasteiger partial charge in [0.2, 0.25) is 10.0 Å². The number of fused-ring (bicyclic) bond motifs is 1. The van der Waals surface area contributed by atoms with Crippen LogP contribution in [0.25, 0.3) is 10.2 Å². The van der Waals surface area contributed by atoms with Gasteiger partial charge in [-0.15, -0.1) is 0 Å². The molecule has 1 fully saturated rings. The molecule has 1 saturated carbocycles. The molecule has 0 unspecified atom stereocenters. The average molecular weight is 475 g/mol. The summed E-state index contributed by atoms with van der Waals surface area (Å²) in [5, 5.41) is 11.0. The lowest BCUT2D eigenvalue weighted by atomic mass is 10.2. The molecule has 0 saturated heterocycles. The molecule has 1 heterocycles. The lowest BCUT2D eigenvalue weighted by molar-refractivity contribution is -0.384. The number of non-ortho nitro benzene ring substituents is 1. The number of carbonyl (C=O) groups is 1. The van der Waals surface area contributed by atoms with E-state index in [1.165, 1.54) is 52.0 Å². The number of nitro benzene ring substituents is 1. The molecule has 1 aliphatic rings. The van der Waals surface area contributed by atoms with E-state index in [1.807, 2.05) is 0 Å². The standard InChI is InChI=1S/C21H22N4O5S2/c1-23-18-12-9-16(25(27)28)13-19(18)31-21(23)22-20(26)14-7-10-17(11-8-14)32(29,30)24(2)15-5-3-4-6-15/h7-13,15H,3-6H2,1-2H3. The molecule has 3 aromatic rings. The molecule has 1 amide bonds. The van der Waals surface area contributed by atoms with Gasteiger partial charge >= 0.3 is 0 Å². The third-order valence-corrected chi connectivity index (χ3v) is 8.84. The molecule has 4 rings (SSSR count). The molecule has 0 atom stereocenters. The predicted molar refractivity (Wildman–Crippen MR) is 121 cm³/mol. The van der Waals surface area contributed by atoms with Crippen molar-refractivity contribution in [2.24, 2.45) is 12.0 Å². The molecule has 2 aromatic carbocycles. The van der Waals surface area contributed by atoms with Gasteiger partial charge in [-0.2, -0.15) is 9.30 Å². The van der Waals surface area contributed by atoms with Crippen molar-refractivity contribution in [2.45, 2.75) is 36.6 Å². The van der Waals surface area contributed by atoms with Gasteiger partial charge in [-0.05, 0) is 43.2 Å². The summed E-state index contributed by atoms with van der Waals surface area (Å²) >= 11 is 1.17. The number of nitro groups is 1. The number of aromatic nitrogens is 1. The molecular formula is C21H22N4O5S2. The lowest BCUT2D eigenvalue weighted by Crippen LogP contribution is -2.35. The summed E-state index contributed by atoms with van der Waals surface area (Å²) in [6.07, 6.45) is 3.78. The number of carbonyl (C=O) groups excluding carboxylic acids is 1. The molecule has 0 bridgehead atoms. The molecule has 0 aliphatic heterocycles. The first kappa shape index (κ1) is 22.3. The second-order valence-corrected chi connectivity index (χ2v) is 10.8. The highest BCUT2D eigenvalue weighted by Crippen LogP contribution is 2.27. The van der Waals surface area contributed by atoms with Crippen LogP contribution in [0.2, 0.25) is 0 Å². The van der Waals surface area contributed by atoms with Gasteiger partial charge in [0.15, 0.2) is 4.80 Å². The molecule has 11 heteroatoms. The molecule has 9 nitrogen and oxygen atoms in total. The Labute approximate surface area is 188 Å². The Bertz CT molecular complexity index is 1370. The van der Waals surface area contributed by atoms with E-state index in [4.69, 9.17) is 0 Å². The van der Waals surface area contributed by atoms with Crippen LogP contribution < -0.4 is 4.80 Å². The minimum atomic E-state index is -3.62. The van der Waals surface area contributed by atoms with E-state index in [9.17, 15) is 23.3 Å². The number of nitrogens with zero attached hydrogens (tertiary/aromatic N) is 4. The Morgan fingerprint density at radius 2 is 1.84 bits per heavy atom. The minimum absolute atomic E-state index is 0.0140. The molecule has 1 aliphatic carbocycles. The second-order valence-electron chi connectivity index (χ2n) is 7.75. The number of thiazole rings is 1. The predicted octanol–water partition coefficient (Wildman–Crippen LogP) is 3.45. The van der Waals surface area contributed by atoms with Gasteiger partial charge in [-0.3, -0.25) is 14.9 Å². The van der Waals surface area contributed by atoms with E-state index in [0.29, 0.717) is 9.50 Å². The summed E-state index contributed by atoms with van der Waals surface area (Å²) in [5.41, 5.74) is 0.955. The molecule has 0 spiro atoms. The second kappa shape index (κ2) is 8.57. The van der Waals surface area contributed by atoms with Crippen LogP contribution in [0.4, 0.5) is 5.69 Å². The number of benzene rings is 2. The highest BCUT2D eigenvalue weighted by atomic mass is 32.2. The zero-order chi connectivity index (χ0) is 23.0. The molecule has 0 N–H and O–H groups in total. The fraction of sp³-hybridized carbons (Fsp3) is 0.333. The van der Waals surface area contributed by atoms with E-state index in [0.717, 1.165) is 31.2 Å². The Morgan fingerprint density at radius 3 is 2.47 bits per heavy atom. The summed E-state index contributed by atoms with van der Waals surface area (Å²) in [4.78, 5) is 27.9. The Balaban J connectivity index is 1.61. The highest BCUT2D eigenvalue weighted by molar-refractivity contribution is 7.89. The van der Waals surface area contributed by atoms with Crippen LogP contribution in [0.3, 0.4) is 0 Å². The van der Waals surface area contributed by atoms with Gasteiger partial charge < -0.3 is 4.57 Å². The SMILES string of the molecule is CN(C1CCCC1)S(=O)(=O)c1ccc(C(=O)N=c2sc3cc([N+](=O)[O-])ccc3n2C)cc1. The van der Waals surface area contributed by atoms with Crippen LogP contribution in [0.1, 0.15) is 36.0 Å². The summed E-state index contributed by atoms with van der Waals surface area (Å²) in [6.45, 7) is 0. The number of hydrogen-bond acceptors (Lipinski definition) is 6. The number of aryl methyl sites for hydroxylation is 1. The smallest absolute Gasteiger partial charge is 0.279 e. The van der Waals surface area contributed by atoms with Gasteiger partial charge in [-0.1, -0.05) is 24.2 Å². The molecule has 32 heavy (non-hydrogen) atoms. The zero-order valence-electron chi connectivity index (χ0n) is 17.6. The first-order valence-electron chi connectivity index (χ1n) is 10.1. The number of amides is 1. The Morgan fingerprint density at radius 1 is 1.19 bits per heavy atom. The normalized spacial score (nSPS) is 15.7. The van der Waals surface area contributed by atoms with Crippen molar-refractivity contribution in [2.75, 3.05) is 7.05 Å². The van der Waals surface area contributed by atoms with Gasteiger partial charge in [0.25, 0.3) is 11.6 Å². The van der Waals surface area contributed by atoms with Crippen molar-refractivity contribution in [3.05, 3.63) is 62.9 Å². The summed E-state index contributed by atoms with van der Waals surface area (Å²) in [6, 6.07) is 10.3. The van der Waals surface area contributed by atoms with Crippen LogP contribution >= 0.6 is 11.3 Å². The van der Waals surface area contributed by atoms with Crippen molar-refractivity contribution < 1.29 is 18.1 Å². The van der Waals surface area contributed by atoms with E-state index in [2.05, 4.69) is 4.99 Å². The highest BCUT2D eigenvalue weighted by Gasteiger charge is 2.30. The average Bonchev–Trinajstić information content (AvgIpc) is 3.41. The van der Waals surface area contributed by atoms with Crippen molar-refractivity contribution in [1.29, 1.82) is 0 Å². The van der Waals surface area contributed by atoms with Crippen molar-refractivity contribution in [1.82, 2.24) is 8.87 Å². The first-order chi connectivity index (χ1) is 15.2. The fourth-order valence-electron chi connectivity index (χ4n) is 3.89. The summed E-state index contributed by atoms with van der Waals surface area (Å²) < 4.78 is 29.5. The number of sulfonamides is 1. The van der Waals surface area contributed by atoms with Crippen molar-refractivity contribution >= 4 is 43.2 Å².